The van der Waals surface area contributed by atoms with Crippen LogP contribution in [-0.4, -0.2) is 26.7 Å². The fraction of sp³-hybridized carbons (Fsp3) is 0.538. The van der Waals surface area contributed by atoms with Gasteiger partial charge in [-0.2, -0.15) is 0 Å². The molecule has 1 saturated heterocycles. The van der Waals surface area contributed by atoms with E-state index in [4.69, 9.17) is 5.73 Å². The summed E-state index contributed by atoms with van der Waals surface area (Å²) in [7, 11) is 1.98. The van der Waals surface area contributed by atoms with E-state index in [-0.39, 0.29) is 0 Å². The van der Waals surface area contributed by atoms with Crippen molar-refractivity contribution < 1.29 is 0 Å². The molecular weight excluding hydrogens is 198 g/mol. The molecule has 88 valence electrons. The van der Waals surface area contributed by atoms with Gasteiger partial charge in [-0.25, -0.2) is 0 Å². The molecule has 1 aliphatic heterocycles. The van der Waals surface area contributed by atoms with E-state index in [1.807, 2.05) is 7.05 Å². The molecule has 16 heavy (non-hydrogen) atoms. The third kappa shape index (κ3) is 2.30. The Hall–Kier alpha value is -1.22. The van der Waals surface area contributed by atoms with Gasteiger partial charge in [0.05, 0.1) is 11.4 Å². The lowest BCUT2D eigenvalue weighted by Crippen LogP contribution is -2.38. The molecule has 0 aromatic heterocycles. The van der Waals surface area contributed by atoms with Gasteiger partial charge in [0.1, 0.15) is 0 Å². The summed E-state index contributed by atoms with van der Waals surface area (Å²) in [5.74, 6) is 0.652. The van der Waals surface area contributed by atoms with Crippen LogP contribution in [-0.2, 0) is 0 Å². The molecule has 1 aromatic carbocycles. The minimum Gasteiger partial charge on any atom is -0.386 e. The standard InChI is InChI=1S/C13H21N3/c1-15-12-6-2-3-7-13(12)16-8-4-5-11(9-14)10-16/h2-3,6-7,11,15H,4-5,8-10,14H2,1H3. The molecule has 0 radical (unpaired) electrons. The Bertz CT molecular complexity index is 338. The van der Waals surface area contributed by atoms with Crippen molar-refractivity contribution in [2.45, 2.75) is 12.8 Å². The highest BCUT2D eigenvalue weighted by molar-refractivity contribution is 5.69. The molecule has 0 amide bonds. The van der Waals surface area contributed by atoms with E-state index in [0.29, 0.717) is 5.92 Å². The number of para-hydroxylation sites is 2. The Kier molecular flexibility index (Phi) is 3.67. The van der Waals surface area contributed by atoms with Crippen LogP contribution in [0.5, 0.6) is 0 Å². The van der Waals surface area contributed by atoms with Crippen LogP contribution in [0.25, 0.3) is 0 Å². The van der Waals surface area contributed by atoms with Crippen molar-refractivity contribution in [3.63, 3.8) is 0 Å². The average molecular weight is 219 g/mol. The Morgan fingerprint density at radius 1 is 1.44 bits per heavy atom. The summed E-state index contributed by atoms with van der Waals surface area (Å²) in [6.07, 6.45) is 2.52. The van der Waals surface area contributed by atoms with Crippen molar-refractivity contribution >= 4 is 11.4 Å². The van der Waals surface area contributed by atoms with Gasteiger partial charge in [-0.3, -0.25) is 0 Å². The van der Waals surface area contributed by atoms with Crippen molar-refractivity contribution in [1.29, 1.82) is 0 Å². The fourth-order valence-electron chi connectivity index (χ4n) is 2.44. The lowest BCUT2D eigenvalue weighted by Gasteiger charge is -2.35. The van der Waals surface area contributed by atoms with Crippen molar-refractivity contribution in [2.75, 3.05) is 36.9 Å². The Balaban J connectivity index is 2.16. The number of piperidine rings is 1. The molecule has 1 fully saturated rings. The monoisotopic (exact) mass is 219 g/mol. The van der Waals surface area contributed by atoms with E-state index in [9.17, 15) is 0 Å². The normalized spacial score (nSPS) is 20.9. The van der Waals surface area contributed by atoms with Gasteiger partial charge in [0.25, 0.3) is 0 Å². The molecule has 0 aliphatic carbocycles. The number of nitrogens with two attached hydrogens (primary N) is 1. The molecule has 0 saturated carbocycles. The SMILES string of the molecule is CNc1ccccc1N1CCCC(CN)C1. The minimum absolute atomic E-state index is 0.652. The van der Waals surface area contributed by atoms with Gasteiger partial charge in [-0.1, -0.05) is 12.1 Å². The molecule has 1 unspecified atom stereocenters. The molecule has 2 rings (SSSR count). The lowest BCUT2D eigenvalue weighted by molar-refractivity contribution is 0.424. The van der Waals surface area contributed by atoms with Crippen LogP contribution in [0, 0.1) is 5.92 Å². The molecule has 1 aromatic rings. The van der Waals surface area contributed by atoms with Gasteiger partial charge in [-0.15, -0.1) is 0 Å². The van der Waals surface area contributed by atoms with E-state index >= 15 is 0 Å². The summed E-state index contributed by atoms with van der Waals surface area (Å²) in [6, 6.07) is 8.48. The maximum absolute atomic E-state index is 5.77. The number of rotatable bonds is 3. The van der Waals surface area contributed by atoms with Crippen LogP contribution >= 0.6 is 0 Å². The predicted molar refractivity (Wildman–Crippen MR) is 70.0 cm³/mol. The first-order valence-corrected chi connectivity index (χ1v) is 6.07. The number of nitrogens with one attached hydrogen (secondary N) is 1. The Morgan fingerprint density at radius 3 is 3.00 bits per heavy atom. The number of nitrogens with zero attached hydrogens (tertiary/aromatic N) is 1. The maximum atomic E-state index is 5.77. The van der Waals surface area contributed by atoms with Crippen molar-refractivity contribution in [2.24, 2.45) is 11.7 Å². The van der Waals surface area contributed by atoms with Gasteiger partial charge in [0, 0.05) is 20.1 Å². The van der Waals surface area contributed by atoms with Crippen LogP contribution in [0.3, 0.4) is 0 Å². The second-order valence-corrected chi connectivity index (χ2v) is 4.46. The van der Waals surface area contributed by atoms with Crippen molar-refractivity contribution in [3.05, 3.63) is 24.3 Å². The molecule has 3 nitrogen and oxygen atoms in total. The van der Waals surface area contributed by atoms with E-state index in [2.05, 4.69) is 34.5 Å². The predicted octanol–water partition coefficient (Wildman–Crippen LogP) is 1.90. The number of anilines is 2. The van der Waals surface area contributed by atoms with Crippen LogP contribution in [0.4, 0.5) is 11.4 Å². The minimum atomic E-state index is 0.652. The highest BCUT2D eigenvalue weighted by atomic mass is 15.2. The number of hydrogen-bond acceptors (Lipinski definition) is 3. The quantitative estimate of drug-likeness (QED) is 0.816. The summed E-state index contributed by atoms with van der Waals surface area (Å²) in [6.45, 7) is 3.04. The zero-order chi connectivity index (χ0) is 11.4. The molecule has 3 heteroatoms. The van der Waals surface area contributed by atoms with Gasteiger partial charge >= 0.3 is 0 Å². The Morgan fingerprint density at radius 2 is 2.25 bits per heavy atom. The van der Waals surface area contributed by atoms with Gasteiger partial charge in [0.15, 0.2) is 0 Å². The first-order chi connectivity index (χ1) is 7.85. The molecule has 1 aliphatic rings. The molecule has 1 heterocycles. The maximum Gasteiger partial charge on any atom is 0.0602 e. The van der Waals surface area contributed by atoms with Crippen LogP contribution in [0.2, 0.25) is 0 Å². The molecule has 0 spiro atoms. The first-order valence-electron chi connectivity index (χ1n) is 6.07. The summed E-state index contributed by atoms with van der Waals surface area (Å²) in [5.41, 5.74) is 8.29. The highest BCUT2D eigenvalue weighted by Crippen LogP contribution is 2.29. The van der Waals surface area contributed by atoms with Gasteiger partial charge in [0.2, 0.25) is 0 Å². The summed E-state index contributed by atoms with van der Waals surface area (Å²) >= 11 is 0. The highest BCUT2D eigenvalue weighted by Gasteiger charge is 2.20. The van der Waals surface area contributed by atoms with E-state index in [1.54, 1.807) is 0 Å². The number of benzene rings is 1. The second kappa shape index (κ2) is 5.21. The summed E-state index contributed by atoms with van der Waals surface area (Å²) in [4.78, 5) is 2.45. The van der Waals surface area contributed by atoms with Crippen LogP contribution in [0.1, 0.15) is 12.8 Å². The van der Waals surface area contributed by atoms with Crippen molar-refractivity contribution in [1.82, 2.24) is 0 Å². The van der Waals surface area contributed by atoms with Crippen LogP contribution in [0.15, 0.2) is 24.3 Å². The first kappa shape index (κ1) is 11.3. The van der Waals surface area contributed by atoms with Gasteiger partial charge in [-0.05, 0) is 37.4 Å². The zero-order valence-corrected chi connectivity index (χ0v) is 9.95. The van der Waals surface area contributed by atoms with Crippen LogP contribution < -0.4 is 16.0 Å². The third-order valence-electron chi connectivity index (χ3n) is 3.37. The lowest BCUT2D eigenvalue weighted by atomic mass is 9.97. The summed E-state index contributed by atoms with van der Waals surface area (Å²) in [5, 5.41) is 3.25. The number of hydrogen-bond donors (Lipinski definition) is 2. The van der Waals surface area contributed by atoms with Gasteiger partial charge < -0.3 is 16.0 Å². The van der Waals surface area contributed by atoms with Crippen molar-refractivity contribution in [3.8, 4) is 0 Å². The third-order valence-corrected chi connectivity index (χ3v) is 3.37. The zero-order valence-electron chi connectivity index (χ0n) is 9.95. The fourth-order valence-corrected chi connectivity index (χ4v) is 2.44. The molecule has 3 N–H and O–H groups in total. The van der Waals surface area contributed by atoms with E-state index in [1.165, 1.54) is 24.2 Å². The second-order valence-electron chi connectivity index (χ2n) is 4.46. The topological polar surface area (TPSA) is 41.3 Å². The largest absolute Gasteiger partial charge is 0.386 e. The Labute approximate surface area is 97.6 Å². The average Bonchev–Trinajstić information content (AvgIpc) is 2.38. The summed E-state index contributed by atoms with van der Waals surface area (Å²) < 4.78 is 0. The molecular formula is C13H21N3. The van der Waals surface area contributed by atoms with E-state index in [0.717, 1.165) is 19.6 Å². The molecule has 1 atom stereocenters. The molecule has 0 bridgehead atoms. The van der Waals surface area contributed by atoms with E-state index < -0.39 is 0 Å². The smallest absolute Gasteiger partial charge is 0.0602 e.